The molecule has 7 heteroatoms. The maximum absolute atomic E-state index is 11.1. The van der Waals surface area contributed by atoms with Gasteiger partial charge >= 0.3 is 5.97 Å². The van der Waals surface area contributed by atoms with E-state index in [1.807, 2.05) is 6.92 Å². The lowest BCUT2D eigenvalue weighted by molar-refractivity contribution is 0.0689. The third kappa shape index (κ3) is 2.79. The lowest BCUT2D eigenvalue weighted by Gasteiger charge is -2.08. The zero-order chi connectivity index (χ0) is 14.0. The van der Waals surface area contributed by atoms with Crippen LogP contribution in [0.25, 0.3) is 5.69 Å². The molecule has 1 aromatic carbocycles. The van der Waals surface area contributed by atoms with Crippen molar-refractivity contribution < 1.29 is 9.90 Å². The summed E-state index contributed by atoms with van der Waals surface area (Å²) in [5.41, 5.74) is 1.22. The summed E-state index contributed by atoms with van der Waals surface area (Å²) in [6.07, 6.45) is 1.37. The summed E-state index contributed by atoms with van der Waals surface area (Å²) < 4.78 is 2.29. The minimum absolute atomic E-state index is 0.0197. The van der Waals surface area contributed by atoms with Crippen molar-refractivity contribution >= 4 is 33.5 Å². The van der Waals surface area contributed by atoms with Gasteiger partial charge in [0.25, 0.3) is 0 Å². The molecule has 0 atom stereocenters. The van der Waals surface area contributed by atoms with Crippen LogP contribution in [-0.4, -0.2) is 26.1 Å². The SMILES string of the molecule is CCCc1c(C(=O)O)nnn1-c1cc(Cl)ccc1Br. The van der Waals surface area contributed by atoms with E-state index in [9.17, 15) is 4.79 Å². The van der Waals surface area contributed by atoms with Crippen molar-refractivity contribution in [2.75, 3.05) is 0 Å². The van der Waals surface area contributed by atoms with Crippen LogP contribution in [-0.2, 0) is 6.42 Å². The van der Waals surface area contributed by atoms with Crippen molar-refractivity contribution in [1.82, 2.24) is 15.0 Å². The second-order valence-electron chi connectivity index (χ2n) is 3.95. The fourth-order valence-corrected chi connectivity index (χ4v) is 2.35. The van der Waals surface area contributed by atoms with Crippen LogP contribution in [0.2, 0.25) is 5.02 Å². The predicted octanol–water partition coefficient (Wildman–Crippen LogP) is 3.33. The van der Waals surface area contributed by atoms with Gasteiger partial charge < -0.3 is 5.11 Å². The first kappa shape index (κ1) is 14.0. The van der Waals surface area contributed by atoms with Crippen molar-refractivity contribution in [3.05, 3.63) is 39.1 Å². The monoisotopic (exact) mass is 343 g/mol. The van der Waals surface area contributed by atoms with E-state index in [1.54, 1.807) is 18.2 Å². The van der Waals surface area contributed by atoms with Gasteiger partial charge in [0.15, 0.2) is 5.69 Å². The zero-order valence-corrected chi connectivity index (χ0v) is 12.4. The molecule has 0 bridgehead atoms. The van der Waals surface area contributed by atoms with Crippen LogP contribution in [0.1, 0.15) is 29.5 Å². The largest absolute Gasteiger partial charge is 0.476 e. The maximum Gasteiger partial charge on any atom is 0.358 e. The minimum atomic E-state index is -1.08. The van der Waals surface area contributed by atoms with Crippen LogP contribution in [0.4, 0.5) is 0 Å². The van der Waals surface area contributed by atoms with E-state index >= 15 is 0 Å². The van der Waals surface area contributed by atoms with E-state index in [1.165, 1.54) is 4.68 Å². The van der Waals surface area contributed by atoms with Crippen LogP contribution < -0.4 is 0 Å². The van der Waals surface area contributed by atoms with Crippen molar-refractivity contribution in [1.29, 1.82) is 0 Å². The molecule has 0 aliphatic carbocycles. The number of hydrogen-bond acceptors (Lipinski definition) is 3. The molecule has 1 heterocycles. The first-order chi connectivity index (χ1) is 9.04. The lowest BCUT2D eigenvalue weighted by Crippen LogP contribution is -2.07. The Morgan fingerprint density at radius 3 is 2.89 bits per heavy atom. The average Bonchev–Trinajstić information content (AvgIpc) is 2.76. The van der Waals surface area contributed by atoms with Gasteiger partial charge in [-0.25, -0.2) is 9.48 Å². The molecule has 19 heavy (non-hydrogen) atoms. The van der Waals surface area contributed by atoms with Gasteiger partial charge in [0, 0.05) is 9.50 Å². The molecule has 0 fully saturated rings. The molecule has 0 unspecified atom stereocenters. The Labute approximate surface area is 123 Å². The molecule has 5 nitrogen and oxygen atoms in total. The summed E-state index contributed by atoms with van der Waals surface area (Å²) >= 11 is 9.37. The summed E-state index contributed by atoms with van der Waals surface area (Å²) in [5.74, 6) is -1.08. The minimum Gasteiger partial charge on any atom is -0.476 e. The molecule has 1 N–H and O–H groups in total. The number of aromatic nitrogens is 3. The Kier molecular flexibility index (Phi) is 4.21. The fraction of sp³-hybridized carbons (Fsp3) is 0.250. The van der Waals surface area contributed by atoms with Gasteiger partial charge in [-0.1, -0.05) is 30.2 Å². The number of carboxylic acid groups (broad SMARTS) is 1. The molecular weight excluding hydrogens is 334 g/mol. The molecule has 100 valence electrons. The van der Waals surface area contributed by atoms with Gasteiger partial charge in [0.1, 0.15) is 0 Å². The van der Waals surface area contributed by atoms with Crippen molar-refractivity contribution in [2.24, 2.45) is 0 Å². The molecule has 0 aliphatic heterocycles. The summed E-state index contributed by atoms with van der Waals surface area (Å²) in [6, 6.07) is 5.24. The zero-order valence-electron chi connectivity index (χ0n) is 10.1. The maximum atomic E-state index is 11.1. The number of hydrogen-bond donors (Lipinski definition) is 1. The third-order valence-electron chi connectivity index (χ3n) is 2.59. The Morgan fingerprint density at radius 1 is 1.53 bits per heavy atom. The molecule has 1 aromatic heterocycles. The number of carboxylic acids is 1. The van der Waals surface area contributed by atoms with Gasteiger partial charge in [0.2, 0.25) is 0 Å². The summed E-state index contributed by atoms with van der Waals surface area (Å²) in [7, 11) is 0. The van der Waals surface area contributed by atoms with Crippen molar-refractivity contribution in [2.45, 2.75) is 19.8 Å². The van der Waals surface area contributed by atoms with E-state index in [0.29, 0.717) is 22.8 Å². The second kappa shape index (κ2) is 5.71. The van der Waals surface area contributed by atoms with Gasteiger partial charge in [-0.2, -0.15) is 0 Å². The quantitative estimate of drug-likeness (QED) is 0.923. The Morgan fingerprint density at radius 2 is 2.26 bits per heavy atom. The average molecular weight is 345 g/mol. The normalized spacial score (nSPS) is 10.7. The third-order valence-corrected chi connectivity index (χ3v) is 3.49. The standard InChI is InChI=1S/C12H11BrClN3O2/c1-2-3-9-11(12(18)19)15-16-17(9)10-6-7(14)4-5-8(10)13/h4-6H,2-3H2,1H3,(H,18,19). The van der Waals surface area contributed by atoms with Gasteiger partial charge in [0.05, 0.1) is 11.4 Å². The Hall–Kier alpha value is -1.40. The van der Waals surface area contributed by atoms with E-state index in [-0.39, 0.29) is 5.69 Å². The van der Waals surface area contributed by atoms with Gasteiger partial charge in [-0.05, 0) is 40.5 Å². The summed E-state index contributed by atoms with van der Waals surface area (Å²) in [6.45, 7) is 1.97. The first-order valence-corrected chi connectivity index (χ1v) is 6.85. The highest BCUT2D eigenvalue weighted by molar-refractivity contribution is 9.10. The van der Waals surface area contributed by atoms with Crippen LogP contribution in [0.3, 0.4) is 0 Å². The van der Waals surface area contributed by atoms with E-state index in [2.05, 4.69) is 26.2 Å². The molecule has 0 spiro atoms. The summed E-state index contributed by atoms with van der Waals surface area (Å²) in [4.78, 5) is 11.1. The van der Waals surface area contributed by atoms with Crippen LogP contribution in [0.15, 0.2) is 22.7 Å². The van der Waals surface area contributed by atoms with Crippen molar-refractivity contribution in [3.8, 4) is 5.69 Å². The number of rotatable bonds is 4. The van der Waals surface area contributed by atoms with Crippen LogP contribution >= 0.6 is 27.5 Å². The highest BCUT2D eigenvalue weighted by atomic mass is 79.9. The molecule has 2 rings (SSSR count). The van der Waals surface area contributed by atoms with Gasteiger partial charge in [-0.3, -0.25) is 0 Å². The molecule has 0 saturated heterocycles. The molecule has 0 amide bonds. The van der Waals surface area contributed by atoms with E-state index in [4.69, 9.17) is 16.7 Å². The van der Waals surface area contributed by atoms with Crippen LogP contribution in [0.5, 0.6) is 0 Å². The molecule has 0 aliphatic rings. The number of benzene rings is 1. The highest BCUT2D eigenvalue weighted by Gasteiger charge is 2.20. The summed E-state index contributed by atoms with van der Waals surface area (Å²) in [5, 5.41) is 17.3. The molecular formula is C12H11BrClN3O2. The van der Waals surface area contributed by atoms with E-state index < -0.39 is 5.97 Å². The number of nitrogens with zero attached hydrogens (tertiary/aromatic N) is 3. The lowest BCUT2D eigenvalue weighted by atomic mass is 10.2. The molecule has 2 aromatic rings. The number of aromatic carboxylic acids is 1. The Bertz CT molecular complexity index is 627. The van der Waals surface area contributed by atoms with Crippen LogP contribution in [0, 0.1) is 0 Å². The predicted molar refractivity (Wildman–Crippen MR) is 75.0 cm³/mol. The number of halogens is 2. The smallest absolute Gasteiger partial charge is 0.358 e. The molecule has 0 saturated carbocycles. The Balaban J connectivity index is 2.61. The topological polar surface area (TPSA) is 68.0 Å². The first-order valence-electron chi connectivity index (χ1n) is 5.68. The molecule has 0 radical (unpaired) electrons. The second-order valence-corrected chi connectivity index (χ2v) is 5.24. The van der Waals surface area contributed by atoms with Gasteiger partial charge in [-0.15, -0.1) is 5.10 Å². The van der Waals surface area contributed by atoms with Crippen molar-refractivity contribution in [3.63, 3.8) is 0 Å². The number of carbonyl (C=O) groups is 1. The highest BCUT2D eigenvalue weighted by Crippen LogP contribution is 2.26. The fourth-order valence-electron chi connectivity index (χ4n) is 1.77. The van der Waals surface area contributed by atoms with E-state index in [0.717, 1.165) is 10.9 Å².